The van der Waals surface area contributed by atoms with Crippen LogP contribution in [0.1, 0.15) is 58.7 Å². The van der Waals surface area contributed by atoms with Crippen molar-refractivity contribution < 1.29 is 0 Å². The number of anilines is 1. The van der Waals surface area contributed by atoms with Crippen LogP contribution in [0.4, 0.5) is 5.13 Å². The van der Waals surface area contributed by atoms with Gasteiger partial charge in [0.1, 0.15) is 5.82 Å². The van der Waals surface area contributed by atoms with Gasteiger partial charge in [0.25, 0.3) is 0 Å². The van der Waals surface area contributed by atoms with Crippen molar-refractivity contribution in [3.05, 3.63) is 5.82 Å². The van der Waals surface area contributed by atoms with E-state index in [1.54, 1.807) is 0 Å². The Morgan fingerprint density at radius 3 is 2.61 bits per heavy atom. The number of hydrogen-bond donors (Lipinski definition) is 1. The van der Waals surface area contributed by atoms with Gasteiger partial charge in [-0.1, -0.05) is 33.6 Å². The van der Waals surface area contributed by atoms with Crippen LogP contribution in [0.2, 0.25) is 0 Å². The van der Waals surface area contributed by atoms with Gasteiger partial charge in [0.05, 0.1) is 0 Å². The average molecular weight is 267 g/mol. The summed E-state index contributed by atoms with van der Waals surface area (Å²) >= 11 is 1.50. The molecule has 0 radical (unpaired) electrons. The molecule has 0 bridgehead atoms. The van der Waals surface area contributed by atoms with Crippen molar-refractivity contribution in [1.29, 1.82) is 0 Å². The van der Waals surface area contributed by atoms with Gasteiger partial charge in [-0.15, -0.1) is 0 Å². The zero-order chi connectivity index (χ0) is 13.0. The number of nitrogens with zero attached hydrogens (tertiary/aromatic N) is 2. The molecule has 0 saturated heterocycles. The van der Waals surface area contributed by atoms with E-state index >= 15 is 0 Å². The van der Waals surface area contributed by atoms with Crippen molar-refractivity contribution >= 4 is 16.7 Å². The Morgan fingerprint density at radius 1 is 1.33 bits per heavy atom. The SMILES string of the molecule is CCc1nsc(NCC2(CC(C)C)CCCC2)n1. The van der Waals surface area contributed by atoms with E-state index in [2.05, 4.69) is 35.4 Å². The molecule has 1 fully saturated rings. The van der Waals surface area contributed by atoms with Crippen LogP contribution in [-0.2, 0) is 6.42 Å². The Labute approximate surface area is 115 Å². The number of aryl methyl sites for hydroxylation is 1. The zero-order valence-electron chi connectivity index (χ0n) is 11.8. The Hall–Kier alpha value is -0.640. The Bertz CT molecular complexity index is 367. The first-order valence-corrected chi connectivity index (χ1v) is 7.97. The molecule has 0 amide bonds. The summed E-state index contributed by atoms with van der Waals surface area (Å²) in [7, 11) is 0. The minimum atomic E-state index is 0.506. The summed E-state index contributed by atoms with van der Waals surface area (Å²) in [5.74, 6) is 1.75. The monoisotopic (exact) mass is 267 g/mol. The van der Waals surface area contributed by atoms with Crippen molar-refractivity contribution in [3.63, 3.8) is 0 Å². The van der Waals surface area contributed by atoms with Gasteiger partial charge < -0.3 is 5.32 Å². The number of nitrogens with one attached hydrogen (secondary N) is 1. The van der Waals surface area contributed by atoms with Gasteiger partial charge in [0.15, 0.2) is 0 Å². The van der Waals surface area contributed by atoms with Crippen LogP contribution in [0.15, 0.2) is 0 Å². The maximum Gasteiger partial charge on any atom is 0.202 e. The lowest BCUT2D eigenvalue weighted by Gasteiger charge is -2.31. The number of hydrogen-bond acceptors (Lipinski definition) is 4. The predicted octanol–water partition coefficient (Wildman–Crippen LogP) is 4.12. The van der Waals surface area contributed by atoms with Gasteiger partial charge in [0.2, 0.25) is 5.13 Å². The molecular formula is C14H25N3S. The molecule has 1 aromatic heterocycles. The van der Waals surface area contributed by atoms with Crippen molar-refractivity contribution in [3.8, 4) is 0 Å². The largest absolute Gasteiger partial charge is 0.360 e. The quantitative estimate of drug-likeness (QED) is 0.842. The molecule has 0 atom stereocenters. The van der Waals surface area contributed by atoms with Crippen LogP contribution in [0.3, 0.4) is 0 Å². The normalized spacial score (nSPS) is 18.4. The number of rotatable bonds is 6. The van der Waals surface area contributed by atoms with E-state index in [1.807, 2.05) is 0 Å². The molecule has 102 valence electrons. The highest BCUT2D eigenvalue weighted by Crippen LogP contribution is 2.43. The summed E-state index contributed by atoms with van der Waals surface area (Å²) < 4.78 is 4.33. The molecule has 1 heterocycles. The molecule has 1 aliphatic carbocycles. The third kappa shape index (κ3) is 3.44. The van der Waals surface area contributed by atoms with Gasteiger partial charge in [0, 0.05) is 24.5 Å². The van der Waals surface area contributed by atoms with Crippen LogP contribution in [0.5, 0.6) is 0 Å². The lowest BCUT2D eigenvalue weighted by Crippen LogP contribution is -2.28. The maximum absolute atomic E-state index is 4.50. The highest BCUT2D eigenvalue weighted by Gasteiger charge is 2.34. The molecule has 1 aliphatic rings. The van der Waals surface area contributed by atoms with E-state index < -0.39 is 0 Å². The summed E-state index contributed by atoms with van der Waals surface area (Å²) in [6.07, 6.45) is 7.79. The van der Waals surface area contributed by atoms with Gasteiger partial charge in [-0.25, -0.2) is 4.98 Å². The Balaban J connectivity index is 1.93. The predicted molar refractivity (Wildman–Crippen MR) is 78.1 cm³/mol. The standard InChI is InChI=1S/C14H25N3S/c1-4-12-16-13(18-17-12)15-10-14(9-11(2)3)7-5-6-8-14/h11H,4-10H2,1-3H3,(H,15,16,17). The summed E-state index contributed by atoms with van der Waals surface area (Å²) in [6, 6.07) is 0. The zero-order valence-corrected chi connectivity index (χ0v) is 12.6. The highest BCUT2D eigenvalue weighted by molar-refractivity contribution is 7.09. The first-order chi connectivity index (χ1) is 8.63. The molecule has 1 N–H and O–H groups in total. The maximum atomic E-state index is 4.50. The van der Waals surface area contributed by atoms with Gasteiger partial charge >= 0.3 is 0 Å². The van der Waals surface area contributed by atoms with Crippen LogP contribution in [0, 0.1) is 11.3 Å². The molecule has 3 nitrogen and oxygen atoms in total. The van der Waals surface area contributed by atoms with Crippen molar-refractivity contribution in [2.75, 3.05) is 11.9 Å². The second kappa shape index (κ2) is 6.00. The van der Waals surface area contributed by atoms with Gasteiger partial charge in [-0.3, -0.25) is 0 Å². The minimum Gasteiger partial charge on any atom is -0.360 e. The molecule has 2 rings (SSSR count). The molecular weight excluding hydrogens is 242 g/mol. The molecule has 0 aromatic carbocycles. The van der Waals surface area contributed by atoms with E-state index in [-0.39, 0.29) is 0 Å². The van der Waals surface area contributed by atoms with Crippen LogP contribution in [-0.4, -0.2) is 15.9 Å². The van der Waals surface area contributed by atoms with Crippen molar-refractivity contribution in [2.45, 2.75) is 59.3 Å². The van der Waals surface area contributed by atoms with E-state index in [9.17, 15) is 0 Å². The van der Waals surface area contributed by atoms with Crippen LogP contribution in [0.25, 0.3) is 0 Å². The lowest BCUT2D eigenvalue weighted by molar-refractivity contribution is 0.252. The summed E-state index contributed by atoms with van der Waals surface area (Å²) in [4.78, 5) is 4.50. The fraction of sp³-hybridized carbons (Fsp3) is 0.857. The topological polar surface area (TPSA) is 37.8 Å². The van der Waals surface area contributed by atoms with E-state index in [4.69, 9.17) is 0 Å². The van der Waals surface area contributed by atoms with Crippen molar-refractivity contribution in [2.24, 2.45) is 11.3 Å². The fourth-order valence-electron chi connectivity index (χ4n) is 3.18. The fourth-order valence-corrected chi connectivity index (χ4v) is 3.82. The molecule has 4 heteroatoms. The van der Waals surface area contributed by atoms with Gasteiger partial charge in [-0.2, -0.15) is 4.37 Å². The molecule has 0 unspecified atom stereocenters. The van der Waals surface area contributed by atoms with Crippen LogP contribution < -0.4 is 5.32 Å². The molecule has 18 heavy (non-hydrogen) atoms. The second-order valence-corrected chi connectivity index (χ2v) is 6.78. The Kier molecular flexibility index (Phi) is 4.60. The molecule has 0 aliphatic heterocycles. The summed E-state index contributed by atoms with van der Waals surface area (Å²) in [5.41, 5.74) is 0.506. The van der Waals surface area contributed by atoms with Crippen LogP contribution >= 0.6 is 11.5 Å². The highest BCUT2D eigenvalue weighted by atomic mass is 32.1. The van der Waals surface area contributed by atoms with Gasteiger partial charge in [-0.05, 0) is 30.6 Å². The van der Waals surface area contributed by atoms with E-state index in [1.165, 1.54) is 43.6 Å². The summed E-state index contributed by atoms with van der Waals surface area (Å²) in [5, 5.41) is 4.53. The third-order valence-corrected chi connectivity index (χ3v) is 4.62. The Morgan fingerprint density at radius 2 is 2.06 bits per heavy atom. The first kappa shape index (κ1) is 13.8. The minimum absolute atomic E-state index is 0.506. The van der Waals surface area contributed by atoms with Crippen molar-refractivity contribution in [1.82, 2.24) is 9.36 Å². The smallest absolute Gasteiger partial charge is 0.202 e. The molecule has 0 spiro atoms. The average Bonchev–Trinajstić information content (AvgIpc) is 2.95. The second-order valence-electron chi connectivity index (χ2n) is 6.03. The first-order valence-electron chi connectivity index (χ1n) is 7.20. The third-order valence-electron chi connectivity index (χ3n) is 3.90. The molecule has 1 aromatic rings. The number of aromatic nitrogens is 2. The van der Waals surface area contributed by atoms with E-state index in [0.29, 0.717) is 5.41 Å². The molecule has 1 saturated carbocycles. The van der Waals surface area contributed by atoms with E-state index in [0.717, 1.165) is 29.8 Å². The lowest BCUT2D eigenvalue weighted by atomic mass is 9.78. The summed E-state index contributed by atoms with van der Waals surface area (Å²) in [6.45, 7) is 7.84.